The Kier molecular flexibility index (Phi) is 3.58. The fourth-order valence-electron chi connectivity index (χ4n) is 1.06. The molecule has 0 amide bonds. The lowest BCUT2D eigenvalue weighted by molar-refractivity contribution is -0.137. The average molecular weight is 248 g/mol. The monoisotopic (exact) mass is 248 g/mol. The smallest absolute Gasteiger partial charge is 0.305 e. The van der Waals surface area contributed by atoms with Crippen LogP contribution in [0.1, 0.15) is 24.4 Å². The Bertz CT molecular complexity index is 480. The zero-order valence-corrected chi connectivity index (χ0v) is 9.68. The average Bonchev–Trinajstić information content (AvgIpc) is 2.59. The van der Waals surface area contributed by atoms with Crippen molar-refractivity contribution in [3.63, 3.8) is 0 Å². The number of carboxylic acids is 1. The van der Waals surface area contributed by atoms with Crippen molar-refractivity contribution in [2.45, 2.75) is 25.1 Å². The minimum Gasteiger partial charge on any atom is -0.481 e. The topological polar surface area (TPSA) is 115 Å². The van der Waals surface area contributed by atoms with Gasteiger partial charge in [0, 0.05) is 6.26 Å². The largest absolute Gasteiger partial charge is 0.481 e. The van der Waals surface area contributed by atoms with Gasteiger partial charge < -0.3 is 5.11 Å². The molecule has 16 heavy (non-hydrogen) atoms. The second-order valence-corrected chi connectivity index (χ2v) is 5.74. The number of aromatic nitrogens is 4. The third-order valence-electron chi connectivity index (χ3n) is 2.10. The number of aliphatic carboxylic acids is 1. The quantitative estimate of drug-likeness (QED) is 0.729. The first kappa shape index (κ1) is 12.6. The van der Waals surface area contributed by atoms with Gasteiger partial charge in [0.2, 0.25) is 0 Å². The second-order valence-electron chi connectivity index (χ2n) is 3.38. The van der Waals surface area contributed by atoms with E-state index in [9.17, 15) is 13.2 Å². The highest BCUT2D eigenvalue weighted by molar-refractivity contribution is 7.90. The molecule has 0 saturated carbocycles. The molecule has 1 rings (SSSR count). The van der Waals surface area contributed by atoms with E-state index in [1.54, 1.807) is 0 Å². The van der Waals surface area contributed by atoms with Gasteiger partial charge in [-0.05, 0) is 17.4 Å². The fraction of sp³-hybridized carbons (Fsp3) is 0.714. The van der Waals surface area contributed by atoms with E-state index in [0.29, 0.717) is 0 Å². The lowest BCUT2D eigenvalue weighted by Gasteiger charge is -2.08. The van der Waals surface area contributed by atoms with Crippen molar-refractivity contribution >= 4 is 15.8 Å². The molecule has 1 unspecified atom stereocenters. The first-order valence-corrected chi connectivity index (χ1v) is 6.44. The summed E-state index contributed by atoms with van der Waals surface area (Å²) in [5.74, 6) is -0.836. The van der Waals surface area contributed by atoms with Crippen LogP contribution in [0, 0.1) is 0 Å². The molecule has 0 aliphatic heterocycles. The van der Waals surface area contributed by atoms with E-state index in [1.807, 2.05) is 0 Å². The Hall–Kier alpha value is -1.51. The predicted octanol–water partition coefficient (Wildman–Crippen LogP) is -0.747. The lowest BCUT2D eigenvalue weighted by atomic mass is 10.4. The number of aryl methyl sites for hydroxylation is 1. The Morgan fingerprint density at radius 1 is 1.56 bits per heavy atom. The summed E-state index contributed by atoms with van der Waals surface area (Å²) in [6, 6.07) is 0. The molecule has 1 aromatic heterocycles. The molecular formula is C7H12N4O4S. The summed E-state index contributed by atoms with van der Waals surface area (Å²) >= 11 is 0. The summed E-state index contributed by atoms with van der Waals surface area (Å²) in [6.45, 7) is 1.51. The molecule has 9 heteroatoms. The number of carboxylic acid groups (broad SMARTS) is 1. The fourth-order valence-corrected chi connectivity index (χ4v) is 1.61. The molecular weight excluding hydrogens is 236 g/mol. The number of nitrogens with zero attached hydrogens (tertiary/aromatic N) is 4. The molecule has 0 aliphatic rings. The predicted molar refractivity (Wildman–Crippen MR) is 53.3 cm³/mol. The van der Waals surface area contributed by atoms with Gasteiger partial charge in [-0.3, -0.25) is 4.79 Å². The van der Waals surface area contributed by atoms with Gasteiger partial charge in [0.05, 0.1) is 13.0 Å². The van der Waals surface area contributed by atoms with Crippen LogP contribution >= 0.6 is 0 Å². The molecule has 0 fully saturated rings. The summed E-state index contributed by atoms with van der Waals surface area (Å²) in [5.41, 5.74) is 0. The third-order valence-corrected chi connectivity index (χ3v) is 3.60. The molecule has 0 aromatic carbocycles. The molecule has 1 N–H and O–H groups in total. The number of sulfone groups is 1. The van der Waals surface area contributed by atoms with Crippen molar-refractivity contribution in [2.24, 2.45) is 0 Å². The van der Waals surface area contributed by atoms with Crippen molar-refractivity contribution in [2.75, 3.05) is 6.26 Å². The number of hydrogen-bond donors (Lipinski definition) is 1. The Morgan fingerprint density at radius 3 is 2.69 bits per heavy atom. The minimum atomic E-state index is -3.30. The maximum absolute atomic E-state index is 11.3. The highest BCUT2D eigenvalue weighted by Crippen LogP contribution is 2.17. The van der Waals surface area contributed by atoms with E-state index in [2.05, 4.69) is 15.5 Å². The molecule has 0 bridgehead atoms. The molecule has 1 atom stereocenters. The van der Waals surface area contributed by atoms with Crippen LogP contribution in [0.5, 0.6) is 0 Å². The summed E-state index contributed by atoms with van der Waals surface area (Å²) in [4.78, 5) is 10.4. The van der Waals surface area contributed by atoms with Gasteiger partial charge in [-0.1, -0.05) is 0 Å². The van der Waals surface area contributed by atoms with Crippen LogP contribution in [-0.2, 0) is 21.2 Å². The molecule has 1 aromatic rings. The summed E-state index contributed by atoms with van der Waals surface area (Å²) < 4.78 is 23.8. The first-order chi connectivity index (χ1) is 7.32. The van der Waals surface area contributed by atoms with Gasteiger partial charge in [0.25, 0.3) is 0 Å². The van der Waals surface area contributed by atoms with E-state index in [0.717, 1.165) is 6.26 Å². The Labute approximate surface area is 92.2 Å². The van der Waals surface area contributed by atoms with Gasteiger partial charge in [-0.15, -0.1) is 5.10 Å². The molecule has 8 nitrogen and oxygen atoms in total. The van der Waals surface area contributed by atoms with Gasteiger partial charge in [-0.25, -0.2) is 13.1 Å². The van der Waals surface area contributed by atoms with Crippen LogP contribution in [0.3, 0.4) is 0 Å². The van der Waals surface area contributed by atoms with Gasteiger partial charge in [-0.2, -0.15) is 0 Å². The van der Waals surface area contributed by atoms with Crippen molar-refractivity contribution < 1.29 is 18.3 Å². The van der Waals surface area contributed by atoms with Crippen molar-refractivity contribution in [3.8, 4) is 0 Å². The second kappa shape index (κ2) is 4.56. The Balaban J connectivity index is 2.90. The van der Waals surface area contributed by atoms with E-state index < -0.39 is 21.1 Å². The molecule has 0 spiro atoms. The first-order valence-electron chi connectivity index (χ1n) is 4.49. The maximum Gasteiger partial charge on any atom is 0.305 e. The standard InChI is InChI=1S/C7H12N4O4S/c1-5(16(2,14)15)7-8-9-10-11(7)4-3-6(12)13/h5H,3-4H2,1-2H3,(H,12,13). The van der Waals surface area contributed by atoms with Crippen LogP contribution in [0.4, 0.5) is 0 Å². The van der Waals surface area contributed by atoms with Crippen molar-refractivity contribution in [1.82, 2.24) is 20.2 Å². The molecule has 0 saturated heterocycles. The normalized spacial score (nSPS) is 13.6. The van der Waals surface area contributed by atoms with Crippen LogP contribution in [-0.4, -0.2) is 46.0 Å². The van der Waals surface area contributed by atoms with Gasteiger partial charge >= 0.3 is 5.97 Å². The lowest BCUT2D eigenvalue weighted by Crippen LogP contribution is -2.16. The number of tetrazole rings is 1. The van der Waals surface area contributed by atoms with Gasteiger partial charge in [0.1, 0.15) is 5.25 Å². The minimum absolute atomic E-state index is 0.0531. The Morgan fingerprint density at radius 2 is 2.19 bits per heavy atom. The molecule has 0 radical (unpaired) electrons. The van der Waals surface area contributed by atoms with Crippen LogP contribution in [0.25, 0.3) is 0 Å². The molecule has 1 heterocycles. The molecule has 0 aliphatic carbocycles. The number of rotatable bonds is 5. The number of carbonyl (C=O) groups is 1. The van der Waals surface area contributed by atoms with E-state index in [4.69, 9.17) is 5.11 Å². The number of hydrogen-bond acceptors (Lipinski definition) is 6. The zero-order valence-electron chi connectivity index (χ0n) is 8.86. The zero-order chi connectivity index (χ0) is 12.3. The van der Waals surface area contributed by atoms with Crippen molar-refractivity contribution in [1.29, 1.82) is 0 Å². The summed E-state index contributed by atoms with van der Waals surface area (Å²) in [5, 5.41) is 18.1. The van der Waals surface area contributed by atoms with Crippen molar-refractivity contribution in [3.05, 3.63) is 5.82 Å². The maximum atomic E-state index is 11.3. The SMILES string of the molecule is CC(c1nnnn1CCC(=O)O)S(C)(=O)=O. The highest BCUT2D eigenvalue weighted by Gasteiger charge is 2.23. The van der Waals surface area contributed by atoms with Crippen LogP contribution < -0.4 is 0 Å². The van der Waals surface area contributed by atoms with Gasteiger partial charge in [0.15, 0.2) is 15.7 Å². The molecule has 90 valence electrons. The van der Waals surface area contributed by atoms with E-state index >= 15 is 0 Å². The third kappa shape index (κ3) is 2.99. The van der Waals surface area contributed by atoms with E-state index in [1.165, 1.54) is 11.6 Å². The summed E-state index contributed by atoms with van der Waals surface area (Å²) in [7, 11) is -3.30. The van der Waals surface area contributed by atoms with Crippen LogP contribution in [0.15, 0.2) is 0 Å². The van der Waals surface area contributed by atoms with E-state index in [-0.39, 0.29) is 18.8 Å². The summed E-state index contributed by atoms with van der Waals surface area (Å²) in [6.07, 6.45) is 0.919. The highest BCUT2D eigenvalue weighted by atomic mass is 32.2. The van der Waals surface area contributed by atoms with Crippen LogP contribution in [0.2, 0.25) is 0 Å².